The van der Waals surface area contributed by atoms with Crippen LogP contribution in [0, 0.1) is 10.1 Å². The van der Waals surface area contributed by atoms with Gasteiger partial charge in [-0.3, -0.25) is 14.9 Å². The molecule has 3 amide bonds. The molecule has 3 rings (SSSR count). The standard InChI is InChI=1S/C23H23N5O9/c1-12-20(22(31)36-3)21(26-23(32)25-12)13-4-7-17(18(9-13)35-2)37-11-19(30)27-24-10-14-8-15(28(33)34)5-6-16(14)29/h4-10,21,29H,11H2,1-3H3,(H,27,30)(H2,25,26,32)/b24-10-/t21-/m0/s1. The molecule has 1 heterocycles. The molecular formula is C23H23N5O9. The number of hydrogen-bond acceptors (Lipinski definition) is 10. The van der Waals surface area contributed by atoms with Gasteiger partial charge in [0.25, 0.3) is 11.6 Å². The van der Waals surface area contributed by atoms with E-state index in [1.54, 1.807) is 19.1 Å². The quantitative estimate of drug-likeness (QED) is 0.167. The van der Waals surface area contributed by atoms with Crippen molar-refractivity contribution < 1.29 is 38.6 Å². The summed E-state index contributed by atoms with van der Waals surface area (Å²) in [6.07, 6.45) is 1.05. The molecule has 2 aromatic carbocycles. The molecule has 1 aliphatic rings. The van der Waals surface area contributed by atoms with Gasteiger partial charge in [0.15, 0.2) is 18.1 Å². The zero-order valence-corrected chi connectivity index (χ0v) is 19.9. The molecule has 2 aromatic rings. The number of carbonyl (C=O) groups is 3. The van der Waals surface area contributed by atoms with E-state index in [0.29, 0.717) is 11.3 Å². The van der Waals surface area contributed by atoms with E-state index in [0.717, 1.165) is 24.4 Å². The van der Waals surface area contributed by atoms with Crippen LogP contribution >= 0.6 is 0 Å². The summed E-state index contributed by atoms with van der Waals surface area (Å²) in [5.41, 5.74) is 3.03. The number of esters is 1. The second kappa shape index (κ2) is 11.5. The Morgan fingerprint density at radius 1 is 1.22 bits per heavy atom. The third-order valence-corrected chi connectivity index (χ3v) is 5.17. The highest BCUT2D eigenvalue weighted by molar-refractivity contribution is 5.95. The predicted octanol–water partition coefficient (Wildman–Crippen LogP) is 1.64. The number of non-ortho nitro benzene ring substituents is 1. The van der Waals surface area contributed by atoms with Gasteiger partial charge < -0.3 is 30.0 Å². The van der Waals surface area contributed by atoms with E-state index >= 15 is 0 Å². The van der Waals surface area contributed by atoms with Crippen LogP contribution in [0.4, 0.5) is 10.5 Å². The van der Waals surface area contributed by atoms with Crippen molar-refractivity contribution in [1.82, 2.24) is 16.1 Å². The number of allylic oxidation sites excluding steroid dienone is 1. The van der Waals surface area contributed by atoms with E-state index in [1.165, 1.54) is 20.3 Å². The number of phenolic OH excluding ortho intramolecular Hbond substituents is 1. The molecule has 0 fully saturated rings. The van der Waals surface area contributed by atoms with Crippen LogP contribution in [0.2, 0.25) is 0 Å². The number of methoxy groups -OCH3 is 2. The van der Waals surface area contributed by atoms with Crippen LogP contribution in [0.5, 0.6) is 17.2 Å². The summed E-state index contributed by atoms with van der Waals surface area (Å²) in [7, 11) is 2.61. The number of nitro benzene ring substituents is 1. The predicted molar refractivity (Wildman–Crippen MR) is 128 cm³/mol. The first-order valence-corrected chi connectivity index (χ1v) is 10.6. The number of hydrazone groups is 1. The van der Waals surface area contributed by atoms with Crippen molar-refractivity contribution in [2.45, 2.75) is 13.0 Å². The molecule has 194 valence electrons. The zero-order valence-electron chi connectivity index (χ0n) is 19.9. The molecule has 1 aliphatic heterocycles. The normalized spacial score (nSPS) is 15.0. The molecular weight excluding hydrogens is 490 g/mol. The van der Waals surface area contributed by atoms with E-state index in [4.69, 9.17) is 14.2 Å². The molecule has 14 nitrogen and oxygen atoms in total. The lowest BCUT2D eigenvalue weighted by molar-refractivity contribution is -0.384. The first-order chi connectivity index (χ1) is 17.6. The summed E-state index contributed by atoms with van der Waals surface area (Å²) in [5.74, 6) is -1.11. The van der Waals surface area contributed by atoms with E-state index in [-0.39, 0.29) is 34.1 Å². The van der Waals surface area contributed by atoms with Crippen LogP contribution in [0.1, 0.15) is 24.1 Å². The highest BCUT2D eigenvalue weighted by atomic mass is 16.6. The lowest BCUT2D eigenvalue weighted by Gasteiger charge is -2.28. The number of nitrogens with zero attached hydrogens (tertiary/aromatic N) is 2. The third-order valence-electron chi connectivity index (χ3n) is 5.17. The molecule has 0 spiro atoms. The van der Waals surface area contributed by atoms with Crippen LogP contribution < -0.4 is 25.5 Å². The van der Waals surface area contributed by atoms with E-state index in [2.05, 4.69) is 21.2 Å². The molecule has 0 bridgehead atoms. The molecule has 37 heavy (non-hydrogen) atoms. The SMILES string of the molecule is COC(=O)C1=C(C)NC(=O)N[C@H]1c1ccc(OCC(=O)N/N=C\c2cc([N+](=O)[O-])ccc2O)c(OC)c1. The number of carbonyl (C=O) groups excluding carboxylic acids is 3. The fourth-order valence-electron chi connectivity index (χ4n) is 3.42. The minimum Gasteiger partial charge on any atom is -0.507 e. The minimum atomic E-state index is -0.813. The first-order valence-electron chi connectivity index (χ1n) is 10.6. The van der Waals surface area contributed by atoms with Gasteiger partial charge in [-0.2, -0.15) is 5.10 Å². The number of aromatic hydroxyl groups is 1. The largest absolute Gasteiger partial charge is 0.507 e. The van der Waals surface area contributed by atoms with Crippen molar-refractivity contribution in [1.29, 1.82) is 0 Å². The van der Waals surface area contributed by atoms with Crippen molar-refractivity contribution in [3.8, 4) is 17.2 Å². The molecule has 4 N–H and O–H groups in total. The fourth-order valence-corrected chi connectivity index (χ4v) is 3.42. The van der Waals surface area contributed by atoms with Crippen molar-refractivity contribution in [3.05, 3.63) is 68.9 Å². The second-order valence-corrected chi connectivity index (χ2v) is 7.55. The van der Waals surface area contributed by atoms with Crippen LogP contribution in [0.25, 0.3) is 0 Å². The maximum atomic E-state index is 12.3. The number of hydrogen-bond donors (Lipinski definition) is 4. The van der Waals surface area contributed by atoms with Crippen LogP contribution in [0.3, 0.4) is 0 Å². The highest BCUT2D eigenvalue weighted by Gasteiger charge is 2.32. The topological polar surface area (TPSA) is 191 Å². The summed E-state index contributed by atoms with van der Waals surface area (Å²) in [6, 6.07) is 6.70. The number of rotatable bonds is 9. The van der Waals surface area contributed by atoms with Gasteiger partial charge in [0.05, 0.1) is 37.0 Å². The minimum absolute atomic E-state index is 0.0355. The smallest absolute Gasteiger partial charge is 0.337 e. The molecule has 0 unspecified atom stereocenters. The first kappa shape index (κ1) is 26.5. The van der Waals surface area contributed by atoms with Crippen LogP contribution in [0.15, 0.2) is 52.8 Å². The van der Waals surface area contributed by atoms with Gasteiger partial charge in [-0.1, -0.05) is 6.07 Å². The van der Waals surface area contributed by atoms with E-state index in [9.17, 15) is 29.6 Å². The van der Waals surface area contributed by atoms with Gasteiger partial charge in [0.2, 0.25) is 0 Å². The molecule has 1 atom stereocenters. The Hall–Kier alpha value is -5.14. The maximum Gasteiger partial charge on any atom is 0.337 e. The number of nitrogens with one attached hydrogen (secondary N) is 3. The van der Waals surface area contributed by atoms with Gasteiger partial charge in [0.1, 0.15) is 5.75 Å². The Bertz CT molecular complexity index is 1310. The van der Waals surface area contributed by atoms with Crippen molar-refractivity contribution >= 4 is 29.8 Å². The number of phenols is 1. The van der Waals surface area contributed by atoms with Crippen LogP contribution in [-0.4, -0.2) is 55.0 Å². The van der Waals surface area contributed by atoms with E-state index < -0.39 is 35.5 Å². The van der Waals surface area contributed by atoms with Crippen LogP contribution in [-0.2, 0) is 14.3 Å². The molecule has 0 radical (unpaired) electrons. The Kier molecular flexibility index (Phi) is 8.24. The Morgan fingerprint density at radius 2 is 1.97 bits per heavy atom. The van der Waals surface area contributed by atoms with Gasteiger partial charge in [-0.25, -0.2) is 15.0 Å². The number of nitro groups is 1. The second-order valence-electron chi connectivity index (χ2n) is 7.55. The number of amides is 3. The molecule has 0 saturated heterocycles. The van der Waals surface area contributed by atoms with E-state index in [1.807, 2.05) is 0 Å². The van der Waals surface area contributed by atoms with Gasteiger partial charge in [-0.15, -0.1) is 0 Å². The number of benzene rings is 2. The third kappa shape index (κ3) is 6.30. The van der Waals surface area contributed by atoms with Crippen molar-refractivity contribution in [3.63, 3.8) is 0 Å². The molecule has 0 aliphatic carbocycles. The summed E-state index contributed by atoms with van der Waals surface area (Å²) >= 11 is 0. The van der Waals surface area contributed by atoms with Gasteiger partial charge >= 0.3 is 12.0 Å². The fraction of sp³-hybridized carbons (Fsp3) is 0.217. The average molecular weight is 513 g/mol. The highest BCUT2D eigenvalue weighted by Crippen LogP contribution is 2.34. The Labute approximate surface area is 210 Å². The Morgan fingerprint density at radius 3 is 2.65 bits per heavy atom. The number of urea groups is 1. The summed E-state index contributed by atoms with van der Waals surface area (Å²) < 4.78 is 15.7. The Balaban J connectivity index is 1.69. The maximum absolute atomic E-state index is 12.3. The van der Waals surface area contributed by atoms with Gasteiger partial charge in [0, 0.05) is 23.4 Å². The number of ether oxygens (including phenoxy) is 3. The average Bonchev–Trinajstić information content (AvgIpc) is 2.87. The van der Waals surface area contributed by atoms with Crippen molar-refractivity contribution in [2.24, 2.45) is 5.10 Å². The zero-order chi connectivity index (χ0) is 27.1. The summed E-state index contributed by atoms with van der Waals surface area (Å²) in [5, 5.41) is 29.5. The summed E-state index contributed by atoms with van der Waals surface area (Å²) in [6.45, 7) is 1.11. The monoisotopic (exact) mass is 513 g/mol. The molecule has 14 heteroatoms. The van der Waals surface area contributed by atoms with Gasteiger partial charge in [-0.05, 0) is 30.7 Å². The summed E-state index contributed by atoms with van der Waals surface area (Å²) in [4.78, 5) is 46.6. The van der Waals surface area contributed by atoms with Crippen molar-refractivity contribution in [2.75, 3.05) is 20.8 Å². The lowest BCUT2D eigenvalue weighted by Crippen LogP contribution is -2.45. The molecule has 0 saturated carbocycles. The molecule has 0 aromatic heterocycles. The lowest BCUT2D eigenvalue weighted by atomic mass is 9.95.